The van der Waals surface area contributed by atoms with Crippen LogP contribution in [0, 0.1) is 0 Å². The third kappa shape index (κ3) is 6.00. The Morgan fingerprint density at radius 3 is 1.61 bits per heavy atom. The number of aliphatic hydroxyl groups excluding tert-OH is 1. The van der Waals surface area contributed by atoms with Crippen LogP contribution in [0.1, 0.15) is 40.5 Å². The summed E-state index contributed by atoms with van der Waals surface area (Å²) in [5, 5.41) is 14.5. The highest BCUT2D eigenvalue weighted by Gasteiger charge is 2.51. The van der Waals surface area contributed by atoms with Gasteiger partial charge in [-0.05, 0) is 28.3 Å². The van der Waals surface area contributed by atoms with E-state index in [0.717, 1.165) is 12.0 Å². The molecule has 0 bridgehead atoms. The molecule has 1 N–H and O–H groups in total. The predicted octanol–water partition coefficient (Wildman–Crippen LogP) is 6.27. The van der Waals surface area contributed by atoms with Crippen LogP contribution in [-0.4, -0.2) is 34.2 Å². The second-order valence-electron chi connectivity index (χ2n) is 11.5. The molecule has 3 aromatic rings. The summed E-state index contributed by atoms with van der Waals surface area (Å²) in [4.78, 5) is 0. The fourth-order valence-electron chi connectivity index (χ4n) is 5.46. The minimum Gasteiger partial charge on any atom is -0.407 e. The van der Waals surface area contributed by atoms with Crippen molar-refractivity contribution in [2.24, 2.45) is 0 Å². The van der Waals surface area contributed by atoms with E-state index < -0.39 is 16.4 Å². The fourth-order valence-corrected chi connectivity index (χ4v) is 13.3. The summed E-state index contributed by atoms with van der Waals surface area (Å²) in [6.07, 6.45) is 0.983. The van der Waals surface area contributed by atoms with Crippen molar-refractivity contribution in [3.63, 3.8) is 0 Å². The van der Waals surface area contributed by atoms with E-state index in [1.165, 1.54) is 15.6 Å². The number of rotatable bonds is 11. The second kappa shape index (κ2) is 11.9. The Morgan fingerprint density at radius 1 is 0.806 bits per heavy atom. The lowest BCUT2D eigenvalue weighted by molar-refractivity contribution is 0.168. The Kier molecular flexibility index (Phi) is 9.34. The van der Waals surface area contributed by atoms with Gasteiger partial charge in [0.15, 0.2) is 0 Å². The van der Waals surface area contributed by atoms with Gasteiger partial charge in [0.2, 0.25) is 0 Å². The quantitative estimate of drug-likeness (QED) is 0.241. The zero-order valence-corrected chi connectivity index (χ0v) is 25.0. The molecular weight excluding hydrogens is 473 g/mol. The summed E-state index contributed by atoms with van der Waals surface area (Å²) < 4.78 is 7.40. The average molecular weight is 517 g/mol. The number of hydrogen-bond acceptors (Lipinski definition) is 2. The maximum atomic E-state index is 10.5. The summed E-state index contributed by atoms with van der Waals surface area (Å²) >= 11 is 0. The molecule has 0 aliphatic heterocycles. The van der Waals surface area contributed by atoms with Crippen LogP contribution >= 0.6 is 0 Å². The molecule has 0 aliphatic rings. The van der Waals surface area contributed by atoms with E-state index in [0.29, 0.717) is 13.0 Å². The van der Waals surface area contributed by atoms with Crippen molar-refractivity contribution in [2.45, 2.75) is 70.3 Å². The highest BCUT2D eigenvalue weighted by Crippen LogP contribution is 2.40. The highest BCUT2D eigenvalue weighted by atomic mass is 28.4. The summed E-state index contributed by atoms with van der Waals surface area (Å²) in [6, 6.07) is 32.5. The molecule has 0 unspecified atom stereocenters. The van der Waals surface area contributed by atoms with Crippen LogP contribution in [0.4, 0.5) is 0 Å². The van der Waals surface area contributed by atoms with Gasteiger partial charge in [-0.3, -0.25) is 0 Å². The molecule has 0 aromatic heterocycles. The summed E-state index contributed by atoms with van der Waals surface area (Å²) in [7, 11) is -4.69. The van der Waals surface area contributed by atoms with Gasteiger partial charge in [-0.2, -0.15) is 0 Å². The Hall–Kier alpha value is -2.25. The zero-order valence-electron chi connectivity index (χ0n) is 23.0. The third-order valence-electron chi connectivity index (χ3n) is 7.73. The molecule has 0 amide bonds. The Bertz CT molecular complexity index is 1050. The van der Waals surface area contributed by atoms with Gasteiger partial charge >= 0.3 is 0 Å². The van der Waals surface area contributed by atoms with Gasteiger partial charge in [-0.25, -0.2) is 0 Å². The van der Waals surface area contributed by atoms with Crippen LogP contribution in [0.3, 0.4) is 0 Å². The Labute approximate surface area is 221 Å². The lowest BCUT2D eigenvalue weighted by Gasteiger charge is -2.45. The number of benzene rings is 3. The Balaban J connectivity index is 2.12. The van der Waals surface area contributed by atoms with Gasteiger partial charge in [0.05, 0.1) is 14.2 Å². The number of aliphatic hydroxyl groups is 1. The molecule has 3 aromatic carbocycles. The van der Waals surface area contributed by atoms with Crippen molar-refractivity contribution in [1.29, 1.82) is 0 Å². The van der Waals surface area contributed by atoms with Gasteiger partial charge < -0.3 is 9.53 Å². The monoisotopic (exact) mass is 516 g/mol. The topological polar surface area (TPSA) is 29.5 Å². The molecule has 0 aliphatic carbocycles. The van der Waals surface area contributed by atoms with E-state index in [2.05, 4.69) is 131 Å². The second-order valence-corrected chi connectivity index (χ2v) is 20.6. The first-order valence-electron chi connectivity index (χ1n) is 13.2. The van der Waals surface area contributed by atoms with Crippen LogP contribution in [0.25, 0.3) is 0 Å². The van der Waals surface area contributed by atoms with E-state index in [-0.39, 0.29) is 16.7 Å². The first kappa shape index (κ1) is 28.3. The van der Waals surface area contributed by atoms with E-state index >= 15 is 0 Å². The molecule has 0 heterocycles. The first-order chi connectivity index (χ1) is 17.0. The molecule has 4 heteroatoms. The molecule has 2 atom stereocenters. The van der Waals surface area contributed by atoms with E-state index in [4.69, 9.17) is 4.43 Å². The molecule has 2 nitrogen and oxygen atoms in total. The van der Waals surface area contributed by atoms with Crippen LogP contribution in [0.5, 0.6) is 0 Å². The molecular formula is C32H44O2Si2. The molecule has 0 radical (unpaired) electrons. The van der Waals surface area contributed by atoms with Crippen LogP contribution in [0.2, 0.25) is 23.7 Å². The van der Waals surface area contributed by atoms with Gasteiger partial charge in [-0.1, -0.05) is 149 Å². The first-order valence-corrected chi connectivity index (χ1v) is 18.2. The molecule has 0 saturated heterocycles. The molecule has 192 valence electrons. The van der Waals surface area contributed by atoms with Gasteiger partial charge in [0.1, 0.15) is 0 Å². The van der Waals surface area contributed by atoms with Crippen molar-refractivity contribution >= 4 is 32.0 Å². The lowest BCUT2D eigenvalue weighted by atomic mass is 10.1. The molecule has 3 rings (SSSR count). The van der Waals surface area contributed by atoms with Crippen LogP contribution in [-0.2, 0) is 4.43 Å². The maximum absolute atomic E-state index is 10.5. The third-order valence-corrected chi connectivity index (χ3v) is 16.9. The largest absolute Gasteiger partial charge is 0.407 e. The standard InChI is InChI=1S/C32H44O2Si2/c1-8-27(33)24-26(2)31(35(6,7)28-18-12-9-13-19-28)25-34-36(32(3,4)5,29-20-14-10-15-21-29)30-22-16-11-17-23-30/h9-23,27,31,33H,2,8,24-25H2,1,3-7H3/t27-,31-/m1/s1. The van der Waals surface area contributed by atoms with E-state index in [1.54, 1.807) is 0 Å². The van der Waals surface area contributed by atoms with Gasteiger partial charge in [0, 0.05) is 12.1 Å². The summed E-state index contributed by atoms with van der Waals surface area (Å²) in [5.74, 6) is 0. The molecule has 0 saturated carbocycles. The van der Waals surface area contributed by atoms with Crippen molar-refractivity contribution in [3.05, 3.63) is 103 Å². The van der Waals surface area contributed by atoms with Crippen molar-refractivity contribution < 1.29 is 9.53 Å². The minimum atomic E-state index is -2.67. The van der Waals surface area contributed by atoms with Crippen molar-refractivity contribution in [1.82, 2.24) is 0 Å². The molecule has 36 heavy (non-hydrogen) atoms. The maximum Gasteiger partial charge on any atom is 0.261 e. The lowest BCUT2D eigenvalue weighted by Crippen LogP contribution is -2.67. The van der Waals surface area contributed by atoms with Crippen molar-refractivity contribution in [3.8, 4) is 0 Å². The SMILES string of the molecule is C=C(C[C@H](O)CC)[C@@H](CO[Si](c1ccccc1)(c1ccccc1)C(C)(C)C)[Si](C)(C)c1ccccc1. The fraction of sp³-hybridized carbons (Fsp3) is 0.375. The van der Waals surface area contributed by atoms with Gasteiger partial charge in [-0.15, -0.1) is 0 Å². The van der Waals surface area contributed by atoms with E-state index in [9.17, 15) is 5.11 Å². The normalized spacial score (nSPS) is 14.3. The van der Waals surface area contributed by atoms with Gasteiger partial charge in [0.25, 0.3) is 8.32 Å². The summed E-state index contributed by atoms with van der Waals surface area (Å²) in [5.41, 5.74) is 1.30. The average Bonchev–Trinajstić information content (AvgIpc) is 2.87. The Morgan fingerprint density at radius 2 is 1.22 bits per heavy atom. The predicted molar refractivity (Wildman–Crippen MR) is 161 cm³/mol. The molecule has 0 spiro atoms. The minimum absolute atomic E-state index is 0.0804. The summed E-state index contributed by atoms with van der Waals surface area (Å²) in [6.45, 7) is 19.0. The van der Waals surface area contributed by atoms with E-state index in [1.807, 2.05) is 6.92 Å². The zero-order chi connectivity index (χ0) is 26.4. The van der Waals surface area contributed by atoms with Crippen LogP contribution < -0.4 is 15.6 Å². The molecule has 0 fully saturated rings. The van der Waals surface area contributed by atoms with Crippen LogP contribution in [0.15, 0.2) is 103 Å². The number of hydrogen-bond donors (Lipinski definition) is 1. The smallest absolute Gasteiger partial charge is 0.261 e. The van der Waals surface area contributed by atoms with Crippen molar-refractivity contribution in [2.75, 3.05) is 6.61 Å². The highest BCUT2D eigenvalue weighted by molar-refractivity contribution is 6.99.